The minimum atomic E-state index is -0.523. The van der Waals surface area contributed by atoms with Gasteiger partial charge >= 0.3 is 5.97 Å². The predicted octanol–water partition coefficient (Wildman–Crippen LogP) is 2.05. The highest BCUT2D eigenvalue weighted by atomic mass is 19.1. The summed E-state index contributed by atoms with van der Waals surface area (Å²) >= 11 is 0. The van der Waals surface area contributed by atoms with Crippen molar-refractivity contribution in [3.8, 4) is 5.75 Å². The zero-order valence-electron chi connectivity index (χ0n) is 11.5. The molecule has 0 fully saturated rings. The molecular weight excluding hydrogens is 249 g/mol. The lowest BCUT2D eigenvalue weighted by Gasteiger charge is -2.14. The van der Waals surface area contributed by atoms with Crippen LogP contribution in [0.4, 0.5) is 4.39 Å². The molecular formula is C14H20FNO3. The van der Waals surface area contributed by atoms with E-state index >= 15 is 0 Å². The van der Waals surface area contributed by atoms with Gasteiger partial charge in [0.15, 0.2) is 18.2 Å². The summed E-state index contributed by atoms with van der Waals surface area (Å²) in [5, 5.41) is 0. The molecule has 19 heavy (non-hydrogen) atoms. The second-order valence-corrected chi connectivity index (χ2v) is 4.74. The van der Waals surface area contributed by atoms with Crippen LogP contribution in [0, 0.1) is 5.82 Å². The maximum absolute atomic E-state index is 13.7. The van der Waals surface area contributed by atoms with E-state index < -0.39 is 11.8 Å². The molecule has 5 heteroatoms. The molecule has 0 spiro atoms. The number of esters is 1. The van der Waals surface area contributed by atoms with Crippen molar-refractivity contribution in [1.82, 2.24) is 0 Å². The second kappa shape index (κ2) is 7.09. The molecule has 1 atom stereocenters. The molecule has 0 aliphatic rings. The second-order valence-electron chi connectivity index (χ2n) is 4.74. The van der Waals surface area contributed by atoms with Crippen molar-refractivity contribution in [3.05, 3.63) is 29.6 Å². The Balaban J connectivity index is 2.73. The van der Waals surface area contributed by atoms with Crippen LogP contribution >= 0.6 is 0 Å². The van der Waals surface area contributed by atoms with E-state index in [9.17, 15) is 9.18 Å². The third-order valence-corrected chi connectivity index (χ3v) is 2.29. The fourth-order valence-corrected chi connectivity index (χ4v) is 1.65. The Bertz CT molecular complexity index is 433. The van der Waals surface area contributed by atoms with Gasteiger partial charge in [-0.3, -0.25) is 0 Å². The van der Waals surface area contributed by atoms with Crippen molar-refractivity contribution in [1.29, 1.82) is 0 Å². The van der Waals surface area contributed by atoms with Crippen molar-refractivity contribution >= 4 is 5.97 Å². The number of ether oxygens (including phenoxy) is 2. The lowest BCUT2D eigenvalue weighted by atomic mass is 10.1. The van der Waals surface area contributed by atoms with E-state index in [1.54, 1.807) is 26.0 Å². The van der Waals surface area contributed by atoms with Crippen molar-refractivity contribution in [3.63, 3.8) is 0 Å². The van der Waals surface area contributed by atoms with E-state index in [1.165, 1.54) is 6.07 Å². The van der Waals surface area contributed by atoms with E-state index in [4.69, 9.17) is 15.2 Å². The van der Waals surface area contributed by atoms with Gasteiger partial charge in [0, 0.05) is 6.04 Å². The maximum atomic E-state index is 13.7. The van der Waals surface area contributed by atoms with Gasteiger partial charge in [0.25, 0.3) is 0 Å². The summed E-state index contributed by atoms with van der Waals surface area (Å²) in [5.74, 6) is -0.957. The summed E-state index contributed by atoms with van der Waals surface area (Å²) in [6.45, 7) is 4.98. The number of carbonyl (C=O) groups is 1. The average Bonchev–Trinajstić information content (AvgIpc) is 2.26. The van der Waals surface area contributed by atoms with Crippen molar-refractivity contribution in [2.45, 2.75) is 39.3 Å². The van der Waals surface area contributed by atoms with Gasteiger partial charge < -0.3 is 15.2 Å². The van der Waals surface area contributed by atoms with Crippen LogP contribution < -0.4 is 10.5 Å². The minimum Gasteiger partial charge on any atom is -0.479 e. The van der Waals surface area contributed by atoms with Crippen LogP contribution in [-0.4, -0.2) is 24.7 Å². The quantitative estimate of drug-likeness (QED) is 0.803. The van der Waals surface area contributed by atoms with E-state index in [2.05, 4.69) is 0 Å². The monoisotopic (exact) mass is 269 g/mol. The third-order valence-electron chi connectivity index (χ3n) is 2.29. The highest BCUT2D eigenvalue weighted by molar-refractivity contribution is 5.71. The van der Waals surface area contributed by atoms with Crippen LogP contribution in [-0.2, 0) is 16.0 Å². The van der Waals surface area contributed by atoms with Crippen LogP contribution in [0.5, 0.6) is 5.75 Å². The summed E-state index contributed by atoms with van der Waals surface area (Å²) < 4.78 is 23.8. The molecule has 1 unspecified atom stereocenters. The Morgan fingerprint density at radius 2 is 2.05 bits per heavy atom. The minimum absolute atomic E-state index is 0.0699. The summed E-state index contributed by atoms with van der Waals surface area (Å²) in [7, 11) is 0. The van der Waals surface area contributed by atoms with Gasteiger partial charge in [-0.2, -0.15) is 0 Å². The summed E-state index contributed by atoms with van der Waals surface area (Å²) in [6.07, 6.45) is 0.257. The molecule has 0 saturated heterocycles. The van der Waals surface area contributed by atoms with Crippen molar-refractivity contribution in [2.75, 3.05) is 6.61 Å². The highest BCUT2D eigenvalue weighted by Crippen LogP contribution is 2.23. The Hall–Kier alpha value is -1.62. The number of carbonyl (C=O) groups excluding carboxylic acids is 1. The largest absolute Gasteiger partial charge is 0.479 e. The molecule has 1 rings (SSSR count). The van der Waals surface area contributed by atoms with Gasteiger partial charge in [-0.1, -0.05) is 12.1 Å². The fourth-order valence-electron chi connectivity index (χ4n) is 1.65. The molecule has 0 aliphatic carbocycles. The number of halogens is 1. The van der Waals surface area contributed by atoms with Gasteiger partial charge in [-0.15, -0.1) is 0 Å². The first-order chi connectivity index (χ1) is 8.90. The van der Waals surface area contributed by atoms with E-state index in [1.807, 2.05) is 6.92 Å². The smallest absolute Gasteiger partial charge is 0.344 e. The maximum Gasteiger partial charge on any atom is 0.344 e. The number of nitrogens with two attached hydrogens (primary N) is 1. The van der Waals surface area contributed by atoms with Crippen molar-refractivity contribution in [2.24, 2.45) is 5.73 Å². The first-order valence-electron chi connectivity index (χ1n) is 6.25. The van der Waals surface area contributed by atoms with Crippen LogP contribution in [0.1, 0.15) is 26.3 Å². The molecule has 0 heterocycles. The van der Waals surface area contributed by atoms with Crippen LogP contribution in [0.3, 0.4) is 0 Å². The van der Waals surface area contributed by atoms with Crippen LogP contribution in [0.2, 0.25) is 0 Å². The third kappa shape index (κ3) is 5.26. The first kappa shape index (κ1) is 15.4. The summed E-state index contributed by atoms with van der Waals surface area (Å²) in [6, 6.07) is 4.49. The predicted molar refractivity (Wildman–Crippen MR) is 70.5 cm³/mol. The molecule has 0 amide bonds. The number of hydrogen-bond acceptors (Lipinski definition) is 4. The van der Waals surface area contributed by atoms with Gasteiger partial charge in [-0.25, -0.2) is 9.18 Å². The Morgan fingerprint density at radius 1 is 1.37 bits per heavy atom. The Morgan fingerprint density at radius 3 is 2.63 bits per heavy atom. The topological polar surface area (TPSA) is 61.5 Å². The molecule has 0 aromatic heterocycles. The normalized spacial score (nSPS) is 12.3. The number of rotatable bonds is 6. The highest BCUT2D eigenvalue weighted by Gasteiger charge is 2.14. The number of benzene rings is 1. The molecule has 0 saturated carbocycles. The molecule has 1 aromatic carbocycles. The van der Waals surface area contributed by atoms with Crippen LogP contribution in [0.25, 0.3) is 0 Å². The number of para-hydroxylation sites is 1. The molecule has 0 aliphatic heterocycles. The zero-order chi connectivity index (χ0) is 14.4. The van der Waals surface area contributed by atoms with Crippen molar-refractivity contribution < 1.29 is 18.7 Å². The summed E-state index contributed by atoms with van der Waals surface area (Å²) in [4.78, 5) is 11.4. The van der Waals surface area contributed by atoms with Gasteiger partial charge in [0.1, 0.15) is 0 Å². The fraction of sp³-hybridized carbons (Fsp3) is 0.500. The molecule has 0 radical (unpaired) electrons. The van der Waals surface area contributed by atoms with E-state index in [-0.39, 0.29) is 24.5 Å². The average molecular weight is 269 g/mol. The van der Waals surface area contributed by atoms with Gasteiger partial charge in [0.2, 0.25) is 0 Å². The Labute approximate surface area is 112 Å². The van der Waals surface area contributed by atoms with Gasteiger partial charge in [-0.05, 0) is 38.8 Å². The lowest BCUT2D eigenvalue weighted by molar-refractivity contribution is -0.149. The Kier molecular flexibility index (Phi) is 5.76. The molecule has 2 N–H and O–H groups in total. The lowest BCUT2D eigenvalue weighted by Crippen LogP contribution is -2.21. The molecule has 1 aromatic rings. The standard InChI is InChI=1S/C14H20FNO3/c1-9(2)19-13(17)8-18-14-11(7-10(3)16)5-4-6-12(14)15/h4-6,9-10H,7-8,16H2,1-3H3. The SMILES string of the molecule is CC(N)Cc1cccc(F)c1OCC(=O)OC(C)C. The molecule has 106 valence electrons. The van der Waals surface area contributed by atoms with Gasteiger partial charge in [0.05, 0.1) is 6.10 Å². The molecule has 0 bridgehead atoms. The van der Waals surface area contributed by atoms with E-state index in [0.717, 1.165) is 0 Å². The zero-order valence-corrected chi connectivity index (χ0v) is 11.5. The summed E-state index contributed by atoms with van der Waals surface area (Å²) in [5.41, 5.74) is 6.34. The van der Waals surface area contributed by atoms with E-state index in [0.29, 0.717) is 12.0 Å². The van der Waals surface area contributed by atoms with Crippen LogP contribution in [0.15, 0.2) is 18.2 Å². The number of hydrogen-bond donors (Lipinski definition) is 1. The first-order valence-corrected chi connectivity index (χ1v) is 6.25. The molecule has 4 nitrogen and oxygen atoms in total.